The van der Waals surface area contributed by atoms with Crippen LogP contribution in [0.25, 0.3) is 0 Å². The van der Waals surface area contributed by atoms with Gasteiger partial charge in [0.05, 0.1) is 19.3 Å². The molecular formula is C28H47N3O9. The Labute approximate surface area is 236 Å². The molecule has 3 N–H and O–H groups in total. The highest BCUT2D eigenvalue weighted by Gasteiger charge is 2.36. The number of rotatable bonds is 5. The van der Waals surface area contributed by atoms with Crippen molar-refractivity contribution in [2.24, 2.45) is 5.92 Å². The second kappa shape index (κ2) is 15.5. The topological polar surface area (TPSA) is 153 Å². The van der Waals surface area contributed by atoms with E-state index in [1.807, 2.05) is 0 Å². The number of hydrogen-bond acceptors (Lipinski definition) is 10. The third-order valence-corrected chi connectivity index (χ3v) is 7.44. The molecule has 4 atom stereocenters. The minimum Gasteiger partial charge on any atom is -0.463 e. The smallest absolute Gasteiger partial charge is 0.408 e. The SMILES string of the molecule is CC(C)(C)OC(=O)N[C@H]1COC(=O)CCCC(CN2CCOCC2)OC(=O)[C@H](O)[C@H](CC2CCCCC2)NC1=O. The number of hydrogen-bond donors (Lipinski definition) is 3. The Morgan fingerprint density at radius 2 is 1.77 bits per heavy atom. The van der Waals surface area contributed by atoms with E-state index in [0.29, 0.717) is 52.1 Å². The van der Waals surface area contributed by atoms with Crippen LogP contribution in [0.4, 0.5) is 4.79 Å². The summed E-state index contributed by atoms with van der Waals surface area (Å²) < 4.78 is 21.8. The van der Waals surface area contributed by atoms with Crippen LogP contribution in [0, 0.1) is 5.92 Å². The molecule has 1 unspecified atom stereocenters. The van der Waals surface area contributed by atoms with E-state index >= 15 is 0 Å². The third-order valence-electron chi connectivity index (χ3n) is 7.44. The average molecular weight is 570 g/mol. The van der Waals surface area contributed by atoms with Crippen molar-refractivity contribution in [2.45, 2.75) is 108 Å². The first-order valence-electron chi connectivity index (χ1n) is 14.6. The fourth-order valence-electron chi connectivity index (χ4n) is 5.34. The van der Waals surface area contributed by atoms with E-state index in [1.165, 1.54) is 0 Å². The standard InChI is InChI=1S/C28H47N3O9/c1-28(2,3)40-27(36)30-22-18-38-23(32)11-7-10-20(17-31-12-14-37-15-13-31)39-26(35)24(33)21(29-25(22)34)16-19-8-5-4-6-9-19/h19-22,24,33H,4-18H2,1-3H3,(H,29,34)(H,30,36)/t20?,21-,22-,24+/m0/s1. The summed E-state index contributed by atoms with van der Waals surface area (Å²) in [5, 5.41) is 16.4. The van der Waals surface area contributed by atoms with Crippen LogP contribution < -0.4 is 10.6 Å². The Morgan fingerprint density at radius 1 is 1.07 bits per heavy atom. The van der Waals surface area contributed by atoms with Gasteiger partial charge in [-0.3, -0.25) is 14.5 Å². The molecule has 2 saturated heterocycles. The molecule has 40 heavy (non-hydrogen) atoms. The Morgan fingerprint density at radius 3 is 2.45 bits per heavy atom. The molecule has 0 aromatic rings. The van der Waals surface area contributed by atoms with Crippen LogP contribution in [-0.4, -0.2) is 103 Å². The lowest BCUT2D eigenvalue weighted by atomic mass is 9.83. The molecule has 3 fully saturated rings. The first-order valence-corrected chi connectivity index (χ1v) is 14.6. The molecule has 12 heteroatoms. The van der Waals surface area contributed by atoms with Crippen molar-refractivity contribution < 1.29 is 43.2 Å². The number of amides is 2. The molecule has 0 bridgehead atoms. The molecule has 2 aliphatic heterocycles. The van der Waals surface area contributed by atoms with E-state index in [2.05, 4.69) is 15.5 Å². The summed E-state index contributed by atoms with van der Waals surface area (Å²) in [5.41, 5.74) is -0.806. The van der Waals surface area contributed by atoms with Gasteiger partial charge in [0, 0.05) is 26.1 Å². The van der Waals surface area contributed by atoms with Gasteiger partial charge >= 0.3 is 18.0 Å². The average Bonchev–Trinajstić information content (AvgIpc) is 2.89. The van der Waals surface area contributed by atoms with E-state index in [9.17, 15) is 24.3 Å². The maximum atomic E-state index is 13.4. The molecule has 228 valence electrons. The fraction of sp³-hybridized carbons (Fsp3) is 0.857. The van der Waals surface area contributed by atoms with Crippen LogP contribution in [0.1, 0.15) is 78.6 Å². The molecule has 3 rings (SSSR count). The molecule has 3 aliphatic rings. The molecule has 2 amide bonds. The number of morpholine rings is 1. The lowest BCUT2D eigenvalue weighted by molar-refractivity contribution is -0.163. The van der Waals surface area contributed by atoms with E-state index in [0.717, 1.165) is 32.1 Å². The molecule has 0 spiro atoms. The number of carbonyl (C=O) groups is 4. The number of carbonyl (C=O) groups excluding carboxylic acids is 4. The van der Waals surface area contributed by atoms with Crippen LogP contribution in [0.3, 0.4) is 0 Å². The molecular weight excluding hydrogens is 522 g/mol. The van der Waals surface area contributed by atoms with Gasteiger partial charge in [-0.05, 0) is 46.0 Å². The Balaban J connectivity index is 1.78. The number of nitrogens with zero attached hydrogens (tertiary/aromatic N) is 1. The molecule has 2 heterocycles. The van der Waals surface area contributed by atoms with Gasteiger partial charge in [0.15, 0.2) is 6.10 Å². The second-order valence-electron chi connectivity index (χ2n) is 12.0. The summed E-state index contributed by atoms with van der Waals surface area (Å²) in [6, 6.07) is -2.21. The predicted octanol–water partition coefficient (Wildman–Crippen LogP) is 1.67. The second-order valence-corrected chi connectivity index (χ2v) is 12.0. The number of ether oxygens (including phenoxy) is 4. The molecule has 12 nitrogen and oxygen atoms in total. The zero-order valence-corrected chi connectivity index (χ0v) is 24.2. The van der Waals surface area contributed by atoms with Crippen LogP contribution in [-0.2, 0) is 33.3 Å². The van der Waals surface area contributed by atoms with Crippen molar-refractivity contribution in [2.75, 3.05) is 39.5 Å². The van der Waals surface area contributed by atoms with Crippen LogP contribution in [0.5, 0.6) is 0 Å². The number of aliphatic hydroxyl groups is 1. The molecule has 1 aliphatic carbocycles. The van der Waals surface area contributed by atoms with Gasteiger partial charge in [0.1, 0.15) is 24.4 Å². The van der Waals surface area contributed by atoms with E-state index in [4.69, 9.17) is 18.9 Å². The van der Waals surface area contributed by atoms with Gasteiger partial charge in [-0.15, -0.1) is 0 Å². The van der Waals surface area contributed by atoms with Crippen LogP contribution >= 0.6 is 0 Å². The Kier molecular flexibility index (Phi) is 12.5. The number of aliphatic hydroxyl groups excluding tert-OH is 1. The number of cyclic esters (lactones) is 2. The van der Waals surface area contributed by atoms with Crippen molar-refractivity contribution >= 4 is 23.9 Å². The summed E-state index contributed by atoms with van der Waals surface area (Å²) >= 11 is 0. The fourth-order valence-corrected chi connectivity index (χ4v) is 5.34. The van der Waals surface area contributed by atoms with Crippen molar-refractivity contribution in [3.05, 3.63) is 0 Å². The highest BCUT2D eigenvalue weighted by Crippen LogP contribution is 2.28. The van der Waals surface area contributed by atoms with Gasteiger partial charge in [0.2, 0.25) is 5.91 Å². The largest absolute Gasteiger partial charge is 0.463 e. The van der Waals surface area contributed by atoms with Crippen LogP contribution in [0.2, 0.25) is 0 Å². The van der Waals surface area contributed by atoms with Crippen molar-refractivity contribution in [1.82, 2.24) is 15.5 Å². The first-order chi connectivity index (χ1) is 19.0. The minimum atomic E-state index is -1.59. The summed E-state index contributed by atoms with van der Waals surface area (Å²) in [4.78, 5) is 53.7. The molecule has 0 aromatic heterocycles. The number of nitrogens with one attached hydrogen (secondary N) is 2. The first kappa shape index (κ1) is 32.1. The van der Waals surface area contributed by atoms with Crippen molar-refractivity contribution in [3.8, 4) is 0 Å². The summed E-state index contributed by atoms with van der Waals surface area (Å²) in [6.45, 7) is 7.69. The van der Waals surface area contributed by atoms with Gasteiger partial charge in [0.25, 0.3) is 0 Å². The maximum absolute atomic E-state index is 13.4. The maximum Gasteiger partial charge on any atom is 0.408 e. The molecule has 0 radical (unpaired) electrons. The zero-order chi connectivity index (χ0) is 29.1. The van der Waals surface area contributed by atoms with E-state index < -0.39 is 60.4 Å². The lowest BCUT2D eigenvalue weighted by Crippen LogP contribution is -2.57. The van der Waals surface area contributed by atoms with Crippen LogP contribution in [0.15, 0.2) is 0 Å². The highest BCUT2D eigenvalue weighted by atomic mass is 16.6. The summed E-state index contributed by atoms with van der Waals surface area (Å²) in [7, 11) is 0. The zero-order valence-electron chi connectivity index (χ0n) is 24.2. The predicted molar refractivity (Wildman–Crippen MR) is 144 cm³/mol. The lowest BCUT2D eigenvalue weighted by Gasteiger charge is -2.33. The number of alkyl carbamates (subject to hydrolysis) is 1. The third kappa shape index (κ3) is 11.2. The quantitative estimate of drug-likeness (QED) is 0.329. The minimum absolute atomic E-state index is 0.0464. The Bertz CT molecular complexity index is 850. The van der Waals surface area contributed by atoms with E-state index in [1.54, 1.807) is 20.8 Å². The molecule has 0 aromatic carbocycles. The van der Waals surface area contributed by atoms with E-state index in [-0.39, 0.29) is 12.3 Å². The van der Waals surface area contributed by atoms with Crippen molar-refractivity contribution in [1.29, 1.82) is 0 Å². The Hall–Kier alpha value is -2.44. The normalized spacial score (nSPS) is 28.9. The van der Waals surface area contributed by atoms with Gasteiger partial charge in [-0.25, -0.2) is 9.59 Å². The van der Waals surface area contributed by atoms with Crippen molar-refractivity contribution in [3.63, 3.8) is 0 Å². The summed E-state index contributed by atoms with van der Waals surface area (Å²) in [5.74, 6) is -1.81. The monoisotopic (exact) mass is 569 g/mol. The van der Waals surface area contributed by atoms with Gasteiger partial charge < -0.3 is 34.7 Å². The highest BCUT2D eigenvalue weighted by molar-refractivity contribution is 5.87. The van der Waals surface area contributed by atoms with Gasteiger partial charge in [-0.2, -0.15) is 0 Å². The van der Waals surface area contributed by atoms with Gasteiger partial charge in [-0.1, -0.05) is 32.1 Å². The molecule has 1 saturated carbocycles. The summed E-state index contributed by atoms with van der Waals surface area (Å²) in [6.07, 6.45) is 3.35. The number of esters is 2.